The molecule has 1 amide bonds. The number of hydrogen-bond donors (Lipinski definition) is 0. The van der Waals surface area contributed by atoms with Crippen molar-refractivity contribution in [3.05, 3.63) is 65.7 Å². The molecule has 0 unspecified atom stereocenters. The van der Waals surface area contributed by atoms with Crippen LogP contribution in [-0.4, -0.2) is 22.3 Å². The van der Waals surface area contributed by atoms with Gasteiger partial charge >= 0.3 is 0 Å². The molecule has 0 spiro atoms. The zero-order chi connectivity index (χ0) is 15.8. The van der Waals surface area contributed by atoms with Crippen LogP contribution < -0.4 is 0 Å². The van der Waals surface area contributed by atoms with Gasteiger partial charge in [-0.3, -0.25) is 9.78 Å². The molecule has 0 aliphatic rings. The van der Waals surface area contributed by atoms with Crippen LogP contribution in [-0.2, 0) is 17.8 Å². The maximum atomic E-state index is 13.7. The van der Waals surface area contributed by atoms with Crippen molar-refractivity contribution in [3.8, 4) is 0 Å². The van der Waals surface area contributed by atoms with Crippen molar-refractivity contribution in [2.45, 2.75) is 32.7 Å². The maximum Gasteiger partial charge on any atom is 0.222 e. The van der Waals surface area contributed by atoms with E-state index < -0.39 is 0 Å². The molecule has 0 saturated carbocycles. The summed E-state index contributed by atoms with van der Waals surface area (Å²) in [6.45, 7) is 3.01. The van der Waals surface area contributed by atoms with Crippen LogP contribution >= 0.6 is 0 Å². The van der Waals surface area contributed by atoms with Crippen LogP contribution in [0, 0.1) is 5.82 Å². The molecule has 0 bridgehead atoms. The van der Waals surface area contributed by atoms with Crippen LogP contribution in [0.3, 0.4) is 0 Å². The Balaban J connectivity index is 2.04. The van der Waals surface area contributed by atoms with Gasteiger partial charge in [-0.05, 0) is 36.1 Å². The van der Waals surface area contributed by atoms with Crippen LogP contribution in [0.25, 0.3) is 0 Å². The molecule has 0 fully saturated rings. The van der Waals surface area contributed by atoms with Crippen molar-refractivity contribution in [1.82, 2.24) is 9.88 Å². The standard InChI is InChI=1S/C18H21FN2O/c1-2-6-18(22)21(14-15-7-5-11-20-13-15)12-10-16-8-3-4-9-17(16)19/h3-5,7-9,11,13H,2,6,10,12,14H2,1H3. The van der Waals surface area contributed by atoms with Crippen LogP contribution in [0.5, 0.6) is 0 Å². The number of pyridine rings is 1. The van der Waals surface area contributed by atoms with Crippen molar-refractivity contribution in [2.75, 3.05) is 6.54 Å². The van der Waals surface area contributed by atoms with Gasteiger partial charge in [-0.2, -0.15) is 0 Å². The van der Waals surface area contributed by atoms with Crippen LogP contribution in [0.4, 0.5) is 4.39 Å². The second kappa shape index (κ2) is 8.27. The average Bonchev–Trinajstić information content (AvgIpc) is 2.54. The van der Waals surface area contributed by atoms with Gasteiger partial charge in [-0.25, -0.2) is 4.39 Å². The van der Waals surface area contributed by atoms with Crippen LogP contribution in [0.15, 0.2) is 48.8 Å². The Bertz CT molecular complexity index is 601. The first-order chi connectivity index (χ1) is 10.7. The van der Waals surface area contributed by atoms with E-state index in [-0.39, 0.29) is 11.7 Å². The number of hydrogen-bond acceptors (Lipinski definition) is 2. The van der Waals surface area contributed by atoms with Crippen molar-refractivity contribution in [2.24, 2.45) is 0 Å². The van der Waals surface area contributed by atoms with E-state index >= 15 is 0 Å². The number of amides is 1. The van der Waals surface area contributed by atoms with Crippen LogP contribution in [0.2, 0.25) is 0 Å². The lowest BCUT2D eigenvalue weighted by atomic mass is 10.1. The lowest BCUT2D eigenvalue weighted by molar-refractivity contribution is -0.131. The van der Waals surface area contributed by atoms with Gasteiger partial charge in [0.25, 0.3) is 0 Å². The molecule has 1 aromatic carbocycles. The molecule has 116 valence electrons. The highest BCUT2D eigenvalue weighted by atomic mass is 19.1. The molecule has 1 aromatic heterocycles. The SMILES string of the molecule is CCCC(=O)N(CCc1ccccc1F)Cc1cccnc1. The van der Waals surface area contributed by atoms with Gasteiger partial charge in [0.15, 0.2) is 0 Å². The third kappa shape index (κ3) is 4.65. The molecule has 0 radical (unpaired) electrons. The largest absolute Gasteiger partial charge is 0.338 e. The molecule has 0 aliphatic heterocycles. The Morgan fingerprint density at radius 3 is 2.73 bits per heavy atom. The van der Waals surface area contributed by atoms with E-state index in [1.807, 2.05) is 25.1 Å². The highest BCUT2D eigenvalue weighted by molar-refractivity contribution is 5.76. The monoisotopic (exact) mass is 300 g/mol. The Morgan fingerprint density at radius 2 is 2.05 bits per heavy atom. The number of rotatable bonds is 7. The third-order valence-corrected chi connectivity index (χ3v) is 3.52. The molecule has 0 atom stereocenters. The molecule has 22 heavy (non-hydrogen) atoms. The minimum absolute atomic E-state index is 0.0997. The topological polar surface area (TPSA) is 33.2 Å². The number of carbonyl (C=O) groups excluding carboxylic acids is 1. The van der Waals surface area contributed by atoms with Crippen molar-refractivity contribution in [1.29, 1.82) is 0 Å². The molecular formula is C18H21FN2O. The fourth-order valence-electron chi connectivity index (χ4n) is 2.33. The van der Waals surface area contributed by atoms with E-state index in [1.54, 1.807) is 29.4 Å². The number of halogens is 1. The van der Waals surface area contributed by atoms with Gasteiger partial charge in [0.05, 0.1) is 0 Å². The number of benzene rings is 1. The second-order valence-electron chi connectivity index (χ2n) is 5.27. The van der Waals surface area contributed by atoms with E-state index in [9.17, 15) is 9.18 Å². The van der Waals surface area contributed by atoms with Crippen LogP contribution in [0.1, 0.15) is 30.9 Å². The first-order valence-corrected chi connectivity index (χ1v) is 7.60. The number of carbonyl (C=O) groups is 1. The molecule has 3 nitrogen and oxygen atoms in total. The molecule has 1 heterocycles. The van der Waals surface area contributed by atoms with E-state index in [2.05, 4.69) is 4.98 Å². The summed E-state index contributed by atoms with van der Waals surface area (Å²) in [4.78, 5) is 18.1. The fraction of sp³-hybridized carbons (Fsp3) is 0.333. The zero-order valence-electron chi connectivity index (χ0n) is 12.8. The van der Waals surface area contributed by atoms with E-state index in [0.29, 0.717) is 31.5 Å². The summed E-state index contributed by atoms with van der Waals surface area (Å²) >= 11 is 0. The van der Waals surface area contributed by atoms with Gasteiger partial charge in [0.1, 0.15) is 5.82 Å². The predicted octanol–water partition coefficient (Wildman–Crippen LogP) is 3.59. The van der Waals surface area contributed by atoms with E-state index in [1.165, 1.54) is 6.07 Å². The minimum atomic E-state index is -0.216. The fourth-order valence-corrected chi connectivity index (χ4v) is 2.33. The van der Waals surface area contributed by atoms with E-state index in [0.717, 1.165) is 12.0 Å². The van der Waals surface area contributed by atoms with Crippen molar-refractivity contribution in [3.63, 3.8) is 0 Å². The summed E-state index contributed by atoms with van der Waals surface area (Å²) in [6.07, 6.45) is 5.30. The molecular weight excluding hydrogens is 279 g/mol. The molecule has 4 heteroatoms. The lowest BCUT2D eigenvalue weighted by Gasteiger charge is -2.23. The summed E-state index contributed by atoms with van der Waals surface area (Å²) in [5, 5.41) is 0. The molecule has 0 aliphatic carbocycles. The summed E-state index contributed by atoms with van der Waals surface area (Å²) in [5.74, 6) is -0.116. The summed E-state index contributed by atoms with van der Waals surface area (Å²) < 4.78 is 13.7. The molecule has 0 saturated heterocycles. The molecule has 0 N–H and O–H groups in total. The number of aromatic nitrogens is 1. The Kier molecular flexibility index (Phi) is 6.07. The number of nitrogens with zero attached hydrogens (tertiary/aromatic N) is 2. The minimum Gasteiger partial charge on any atom is -0.338 e. The smallest absolute Gasteiger partial charge is 0.222 e. The second-order valence-corrected chi connectivity index (χ2v) is 5.27. The highest BCUT2D eigenvalue weighted by Crippen LogP contribution is 2.11. The van der Waals surface area contributed by atoms with Gasteiger partial charge < -0.3 is 4.90 Å². The third-order valence-electron chi connectivity index (χ3n) is 3.52. The van der Waals surface area contributed by atoms with Gasteiger partial charge in [-0.1, -0.05) is 31.2 Å². The van der Waals surface area contributed by atoms with Gasteiger partial charge in [-0.15, -0.1) is 0 Å². The Hall–Kier alpha value is -2.23. The Labute approximate surface area is 130 Å². The Morgan fingerprint density at radius 1 is 1.23 bits per heavy atom. The first-order valence-electron chi connectivity index (χ1n) is 7.60. The summed E-state index contributed by atoms with van der Waals surface area (Å²) in [6, 6.07) is 10.5. The average molecular weight is 300 g/mol. The van der Waals surface area contributed by atoms with Gasteiger partial charge in [0, 0.05) is 31.9 Å². The normalized spacial score (nSPS) is 10.5. The highest BCUT2D eigenvalue weighted by Gasteiger charge is 2.14. The molecule has 2 aromatic rings. The summed E-state index contributed by atoms with van der Waals surface area (Å²) in [7, 11) is 0. The maximum absolute atomic E-state index is 13.7. The lowest BCUT2D eigenvalue weighted by Crippen LogP contribution is -2.32. The first kappa shape index (κ1) is 16.1. The predicted molar refractivity (Wildman–Crippen MR) is 84.7 cm³/mol. The van der Waals surface area contributed by atoms with Crippen molar-refractivity contribution < 1.29 is 9.18 Å². The zero-order valence-corrected chi connectivity index (χ0v) is 12.8. The van der Waals surface area contributed by atoms with Gasteiger partial charge in [0.2, 0.25) is 5.91 Å². The summed E-state index contributed by atoms with van der Waals surface area (Å²) in [5.41, 5.74) is 1.63. The van der Waals surface area contributed by atoms with E-state index in [4.69, 9.17) is 0 Å². The molecule has 2 rings (SSSR count). The quantitative estimate of drug-likeness (QED) is 0.783. The van der Waals surface area contributed by atoms with Crippen molar-refractivity contribution >= 4 is 5.91 Å².